The molecule has 0 spiro atoms. The molecule has 0 saturated carbocycles. The predicted molar refractivity (Wildman–Crippen MR) is 168 cm³/mol. The summed E-state index contributed by atoms with van der Waals surface area (Å²) in [6.07, 6.45) is -2.63. The molecule has 0 bridgehead atoms. The Morgan fingerprint density at radius 1 is 1.22 bits per heavy atom. The molecule has 1 fully saturated rings. The van der Waals surface area contributed by atoms with Gasteiger partial charge in [0.05, 0.1) is 26.7 Å². The number of imidazole rings is 1. The van der Waals surface area contributed by atoms with E-state index in [0.29, 0.717) is 5.39 Å². The summed E-state index contributed by atoms with van der Waals surface area (Å²) >= 11 is 0. The minimum atomic E-state index is -4.37. The van der Waals surface area contributed by atoms with Gasteiger partial charge in [-0.1, -0.05) is 57.2 Å². The second kappa shape index (κ2) is 12.7. The van der Waals surface area contributed by atoms with Crippen molar-refractivity contribution in [3.63, 3.8) is 0 Å². The van der Waals surface area contributed by atoms with Crippen molar-refractivity contribution < 1.29 is 42.8 Å². The SMILES string of the molecule is COc1nc(N)nc2c1ncn2C1O[C@H](CO[P@@](=O)(N[C@@H](C)C(=O)OCC(C)(C)C)Oc2cccc3ccccc23)[C@@H](O)[C@@]1(C)O. The summed E-state index contributed by atoms with van der Waals surface area (Å²) in [6.45, 7) is 8.20. The Hall–Kier alpha value is -3.85. The molecule has 5 rings (SSSR count). The minimum absolute atomic E-state index is 0.100. The molecular formula is C30H39N6O9P. The second-order valence-corrected chi connectivity index (χ2v) is 14.2. The quantitative estimate of drug-likeness (QED) is 0.135. The summed E-state index contributed by atoms with van der Waals surface area (Å²) in [4.78, 5) is 25.3. The highest BCUT2D eigenvalue weighted by atomic mass is 31.2. The molecule has 46 heavy (non-hydrogen) atoms. The van der Waals surface area contributed by atoms with Crippen molar-refractivity contribution in [3.05, 3.63) is 48.8 Å². The molecule has 248 valence electrons. The third-order valence-electron chi connectivity index (χ3n) is 7.34. The molecule has 1 saturated heterocycles. The molecule has 1 unspecified atom stereocenters. The van der Waals surface area contributed by atoms with Crippen LogP contribution in [0.2, 0.25) is 0 Å². The molecule has 3 heterocycles. The summed E-state index contributed by atoms with van der Waals surface area (Å²) in [5, 5.41) is 26.7. The maximum atomic E-state index is 14.3. The number of methoxy groups -OCH3 is 1. The molecule has 1 aliphatic heterocycles. The molecule has 0 radical (unpaired) electrons. The van der Waals surface area contributed by atoms with Gasteiger partial charge >= 0.3 is 13.7 Å². The maximum Gasteiger partial charge on any atom is 0.459 e. The number of aromatic nitrogens is 4. The average molecular weight is 659 g/mol. The van der Waals surface area contributed by atoms with Crippen molar-refractivity contribution >= 4 is 41.6 Å². The first kappa shape index (κ1) is 33.5. The Morgan fingerprint density at radius 2 is 1.93 bits per heavy atom. The van der Waals surface area contributed by atoms with Crippen molar-refractivity contribution in [1.82, 2.24) is 24.6 Å². The summed E-state index contributed by atoms with van der Waals surface area (Å²) in [5.41, 5.74) is 4.11. The monoisotopic (exact) mass is 658 g/mol. The van der Waals surface area contributed by atoms with Crippen LogP contribution in [0.25, 0.3) is 21.9 Å². The van der Waals surface area contributed by atoms with Crippen LogP contribution in [-0.2, 0) is 23.4 Å². The van der Waals surface area contributed by atoms with E-state index in [0.717, 1.165) is 5.39 Å². The Labute approximate surface area is 265 Å². The fourth-order valence-electron chi connectivity index (χ4n) is 4.97. The Morgan fingerprint density at radius 3 is 2.65 bits per heavy atom. The first-order chi connectivity index (χ1) is 21.6. The van der Waals surface area contributed by atoms with Crippen molar-refractivity contribution in [2.45, 2.75) is 64.7 Å². The number of nitrogens with two attached hydrogens (primary N) is 1. The molecule has 15 nitrogen and oxygen atoms in total. The highest BCUT2D eigenvalue weighted by Crippen LogP contribution is 2.48. The molecule has 6 atom stereocenters. The lowest BCUT2D eigenvalue weighted by Gasteiger charge is -2.27. The Bertz CT molecular complexity index is 1770. The van der Waals surface area contributed by atoms with E-state index in [2.05, 4.69) is 20.0 Å². The van der Waals surface area contributed by atoms with Gasteiger partial charge < -0.3 is 34.7 Å². The number of ether oxygens (including phenoxy) is 3. The van der Waals surface area contributed by atoms with Crippen molar-refractivity contribution in [3.8, 4) is 11.6 Å². The van der Waals surface area contributed by atoms with Gasteiger partial charge in [0.25, 0.3) is 0 Å². The van der Waals surface area contributed by atoms with Crippen LogP contribution in [0.3, 0.4) is 0 Å². The van der Waals surface area contributed by atoms with Gasteiger partial charge in [0, 0.05) is 5.39 Å². The topological polar surface area (TPSA) is 202 Å². The van der Waals surface area contributed by atoms with Gasteiger partial charge in [-0.3, -0.25) is 13.9 Å². The number of carbonyl (C=O) groups is 1. The van der Waals surface area contributed by atoms with Gasteiger partial charge in [-0.25, -0.2) is 9.55 Å². The zero-order valence-corrected chi connectivity index (χ0v) is 27.3. The first-order valence-electron chi connectivity index (χ1n) is 14.6. The van der Waals surface area contributed by atoms with Gasteiger partial charge in [-0.2, -0.15) is 15.1 Å². The Kier molecular flexibility index (Phi) is 9.28. The fourth-order valence-corrected chi connectivity index (χ4v) is 6.49. The van der Waals surface area contributed by atoms with Crippen LogP contribution in [0.5, 0.6) is 11.6 Å². The average Bonchev–Trinajstić information content (AvgIpc) is 3.51. The molecular weight excluding hydrogens is 619 g/mol. The number of nitrogens with zero attached hydrogens (tertiary/aromatic N) is 4. The number of hydrogen-bond acceptors (Lipinski definition) is 13. The van der Waals surface area contributed by atoms with E-state index in [1.165, 1.54) is 31.9 Å². The zero-order chi connectivity index (χ0) is 33.4. The summed E-state index contributed by atoms with van der Waals surface area (Å²) < 4.78 is 44.2. The highest BCUT2D eigenvalue weighted by Gasteiger charge is 2.54. The van der Waals surface area contributed by atoms with Gasteiger partial charge in [-0.15, -0.1) is 0 Å². The largest absolute Gasteiger partial charge is 0.479 e. The van der Waals surface area contributed by atoms with Gasteiger partial charge in [0.2, 0.25) is 11.8 Å². The van der Waals surface area contributed by atoms with E-state index >= 15 is 0 Å². The van der Waals surface area contributed by atoms with Crippen LogP contribution in [0.15, 0.2) is 48.8 Å². The molecule has 2 aromatic heterocycles. The van der Waals surface area contributed by atoms with E-state index in [-0.39, 0.29) is 40.8 Å². The Balaban J connectivity index is 1.40. The van der Waals surface area contributed by atoms with Crippen LogP contribution < -0.4 is 20.1 Å². The van der Waals surface area contributed by atoms with Crippen LogP contribution in [0, 0.1) is 5.41 Å². The first-order valence-corrected chi connectivity index (χ1v) is 16.1. The van der Waals surface area contributed by atoms with Crippen LogP contribution in [-0.4, -0.2) is 79.9 Å². The van der Waals surface area contributed by atoms with Crippen molar-refractivity contribution in [2.75, 3.05) is 26.1 Å². The highest BCUT2D eigenvalue weighted by molar-refractivity contribution is 7.52. The lowest BCUT2D eigenvalue weighted by atomic mass is 9.96. The van der Waals surface area contributed by atoms with Gasteiger partial charge in [0.1, 0.15) is 29.6 Å². The molecule has 0 amide bonds. The smallest absolute Gasteiger partial charge is 0.459 e. The normalized spacial score (nSPS) is 23.7. The molecule has 4 aromatic rings. The summed E-state index contributed by atoms with van der Waals surface area (Å²) in [5.74, 6) is -0.411. The van der Waals surface area contributed by atoms with E-state index in [4.69, 9.17) is 29.0 Å². The van der Waals surface area contributed by atoms with Crippen LogP contribution >= 0.6 is 7.75 Å². The number of carbonyl (C=O) groups excluding carboxylic acids is 1. The number of esters is 1. The van der Waals surface area contributed by atoms with Crippen molar-refractivity contribution in [1.29, 1.82) is 0 Å². The van der Waals surface area contributed by atoms with Crippen molar-refractivity contribution in [2.24, 2.45) is 5.41 Å². The summed E-state index contributed by atoms with van der Waals surface area (Å²) in [6, 6.07) is 11.4. The number of aliphatic hydroxyl groups is 2. The minimum Gasteiger partial charge on any atom is -0.479 e. The van der Waals surface area contributed by atoms with Crippen LogP contribution in [0.1, 0.15) is 40.8 Å². The molecule has 0 aliphatic carbocycles. The summed E-state index contributed by atoms with van der Waals surface area (Å²) in [7, 11) is -2.97. The number of anilines is 1. The van der Waals surface area contributed by atoms with Crippen LogP contribution in [0.4, 0.5) is 5.95 Å². The molecule has 2 aromatic carbocycles. The lowest BCUT2D eigenvalue weighted by molar-refractivity contribution is -0.148. The number of benzene rings is 2. The maximum absolute atomic E-state index is 14.3. The second-order valence-electron chi connectivity index (χ2n) is 12.5. The van der Waals surface area contributed by atoms with E-state index < -0.39 is 50.4 Å². The zero-order valence-electron chi connectivity index (χ0n) is 26.4. The molecule has 5 N–H and O–H groups in total. The number of hydrogen-bond donors (Lipinski definition) is 4. The predicted octanol–water partition coefficient (Wildman–Crippen LogP) is 3.35. The number of nitrogens with one attached hydrogen (secondary N) is 1. The lowest BCUT2D eigenvalue weighted by Crippen LogP contribution is -2.44. The van der Waals surface area contributed by atoms with Gasteiger partial charge in [-0.05, 0) is 30.7 Å². The third kappa shape index (κ3) is 6.94. The molecule has 1 aliphatic rings. The van der Waals surface area contributed by atoms with Gasteiger partial charge in [0.15, 0.2) is 17.4 Å². The number of nitrogen functional groups attached to an aromatic ring is 1. The standard InChI is InChI=1S/C30H39N6O9P/c1-17(26(38)42-15-29(2,3)4)35-46(40,45-20-13-9-11-18-10-7-8-12-19(18)20)43-14-21-23(37)30(5,39)27(44-21)36-16-32-22-24(36)33-28(31)34-25(22)41-6/h7-13,16-17,21,23,27,37,39H,14-15H2,1-6H3,(H,35,40)(H2,31,33,34)/t17-,21+,23+,27?,30+,46-/m0/s1. The van der Waals surface area contributed by atoms with E-state index in [1.807, 2.05) is 39.0 Å². The molecule has 16 heteroatoms. The van der Waals surface area contributed by atoms with E-state index in [9.17, 15) is 19.6 Å². The third-order valence-corrected chi connectivity index (χ3v) is 8.97. The number of fused-ring (bicyclic) bond motifs is 2. The van der Waals surface area contributed by atoms with E-state index in [1.54, 1.807) is 24.3 Å². The number of rotatable bonds is 11. The fraction of sp³-hybridized carbons (Fsp3) is 0.467. The number of aliphatic hydroxyl groups excluding tert-OH is 1.